The number of hydrogen-bond donors (Lipinski definition) is 1. The molecule has 114 valence electrons. The van der Waals surface area contributed by atoms with Gasteiger partial charge < -0.3 is 10.1 Å². The normalized spacial score (nSPS) is 11.0. The van der Waals surface area contributed by atoms with E-state index >= 15 is 0 Å². The number of nitrogens with one attached hydrogen (secondary N) is 1. The van der Waals surface area contributed by atoms with Crippen LogP contribution < -0.4 is 11.0 Å². The highest BCUT2D eigenvalue weighted by atomic mass is 16.5. The van der Waals surface area contributed by atoms with E-state index in [1.807, 2.05) is 31.2 Å². The molecule has 21 heavy (non-hydrogen) atoms. The van der Waals surface area contributed by atoms with Crippen molar-refractivity contribution in [3.05, 3.63) is 34.7 Å². The molecule has 2 rings (SSSR count). The van der Waals surface area contributed by atoms with Crippen LogP contribution in [0.3, 0.4) is 0 Å². The van der Waals surface area contributed by atoms with Gasteiger partial charge in [0.25, 0.3) is 0 Å². The predicted octanol–water partition coefficient (Wildman–Crippen LogP) is 0.976. The Labute approximate surface area is 123 Å². The van der Waals surface area contributed by atoms with Crippen LogP contribution in [0, 0.1) is 0 Å². The number of rotatable bonds is 7. The third kappa shape index (κ3) is 3.33. The summed E-state index contributed by atoms with van der Waals surface area (Å²) < 4.78 is 8.12. The summed E-state index contributed by atoms with van der Waals surface area (Å²) in [7, 11) is 1.63. The van der Waals surface area contributed by atoms with Crippen LogP contribution in [-0.2, 0) is 22.6 Å². The number of amides is 1. The number of aryl methyl sites for hydroxylation is 1. The Bertz CT molecular complexity index is 672. The quantitative estimate of drug-likeness (QED) is 0.773. The number of imidazole rings is 1. The summed E-state index contributed by atoms with van der Waals surface area (Å²) in [6.45, 7) is 3.70. The Hall–Kier alpha value is -2.08. The fourth-order valence-corrected chi connectivity index (χ4v) is 2.37. The molecule has 1 heterocycles. The zero-order valence-electron chi connectivity index (χ0n) is 12.5. The molecule has 1 aromatic heterocycles. The van der Waals surface area contributed by atoms with E-state index in [0.29, 0.717) is 19.7 Å². The van der Waals surface area contributed by atoms with E-state index in [-0.39, 0.29) is 18.1 Å². The summed E-state index contributed by atoms with van der Waals surface area (Å²) in [4.78, 5) is 24.3. The molecule has 0 saturated carbocycles. The highest BCUT2D eigenvalue weighted by Gasteiger charge is 2.13. The van der Waals surface area contributed by atoms with E-state index in [0.717, 1.165) is 17.5 Å². The van der Waals surface area contributed by atoms with Gasteiger partial charge in [0.05, 0.1) is 11.0 Å². The Kier molecular flexibility index (Phi) is 5.16. The summed E-state index contributed by atoms with van der Waals surface area (Å²) in [5, 5.41) is 2.80. The molecule has 0 aliphatic carbocycles. The molecule has 0 unspecified atom stereocenters. The van der Waals surface area contributed by atoms with E-state index in [2.05, 4.69) is 5.32 Å². The Morgan fingerprint density at radius 2 is 1.90 bits per heavy atom. The van der Waals surface area contributed by atoms with Gasteiger partial charge in [0, 0.05) is 26.8 Å². The molecular weight excluding hydrogens is 270 g/mol. The topological polar surface area (TPSA) is 65.3 Å². The second-order valence-corrected chi connectivity index (χ2v) is 4.80. The third-order valence-electron chi connectivity index (χ3n) is 3.39. The average Bonchev–Trinajstić information content (AvgIpc) is 2.76. The molecule has 6 heteroatoms. The molecule has 0 atom stereocenters. The summed E-state index contributed by atoms with van der Waals surface area (Å²) in [5.74, 6) is -0.160. The highest BCUT2D eigenvalue weighted by molar-refractivity contribution is 5.80. The number of methoxy groups -OCH3 is 1. The minimum absolute atomic E-state index is 0.0410. The van der Waals surface area contributed by atoms with Crippen molar-refractivity contribution < 1.29 is 9.53 Å². The summed E-state index contributed by atoms with van der Waals surface area (Å²) >= 11 is 0. The summed E-state index contributed by atoms with van der Waals surface area (Å²) in [6.07, 6.45) is 0.758. The van der Waals surface area contributed by atoms with Gasteiger partial charge in [-0.05, 0) is 25.5 Å². The van der Waals surface area contributed by atoms with Gasteiger partial charge in [0.15, 0.2) is 0 Å². The second kappa shape index (κ2) is 7.08. The number of carbonyl (C=O) groups excluding carboxylic acids is 1. The molecule has 0 bridgehead atoms. The van der Waals surface area contributed by atoms with Gasteiger partial charge in [0.2, 0.25) is 5.91 Å². The van der Waals surface area contributed by atoms with Gasteiger partial charge in [-0.25, -0.2) is 4.79 Å². The number of para-hydroxylation sites is 2. The molecule has 0 aliphatic rings. The second-order valence-electron chi connectivity index (χ2n) is 4.80. The first-order valence-corrected chi connectivity index (χ1v) is 7.12. The fourth-order valence-electron chi connectivity index (χ4n) is 2.37. The lowest BCUT2D eigenvalue weighted by atomic mass is 10.3. The molecule has 1 amide bonds. The number of nitrogens with zero attached hydrogens (tertiary/aromatic N) is 2. The van der Waals surface area contributed by atoms with Crippen molar-refractivity contribution in [2.75, 3.05) is 20.3 Å². The molecule has 6 nitrogen and oxygen atoms in total. The summed E-state index contributed by atoms with van der Waals surface area (Å²) in [6, 6.07) is 7.52. The van der Waals surface area contributed by atoms with Gasteiger partial charge in [-0.3, -0.25) is 13.9 Å². The monoisotopic (exact) mass is 291 g/mol. The number of ether oxygens (including phenoxy) is 1. The average molecular weight is 291 g/mol. The van der Waals surface area contributed by atoms with Crippen LogP contribution in [0.15, 0.2) is 29.1 Å². The van der Waals surface area contributed by atoms with Crippen LogP contribution in [0.4, 0.5) is 0 Å². The standard InChI is InChI=1S/C15H21N3O3/c1-3-17-12-7-4-5-8-13(12)18(15(17)20)11-14(19)16-9-6-10-21-2/h4-5,7-8H,3,6,9-11H2,1-2H3,(H,16,19). The largest absolute Gasteiger partial charge is 0.385 e. The highest BCUT2D eigenvalue weighted by Crippen LogP contribution is 2.12. The lowest BCUT2D eigenvalue weighted by Gasteiger charge is -2.05. The molecule has 0 aliphatic heterocycles. The van der Waals surface area contributed by atoms with Gasteiger partial charge in [-0.15, -0.1) is 0 Å². The van der Waals surface area contributed by atoms with E-state index < -0.39 is 0 Å². The zero-order valence-corrected chi connectivity index (χ0v) is 12.5. The predicted molar refractivity (Wildman–Crippen MR) is 81.4 cm³/mol. The van der Waals surface area contributed by atoms with Crippen LogP contribution in [0.5, 0.6) is 0 Å². The maximum absolute atomic E-state index is 12.4. The van der Waals surface area contributed by atoms with Crippen molar-refractivity contribution >= 4 is 16.9 Å². The van der Waals surface area contributed by atoms with Crippen molar-refractivity contribution in [2.24, 2.45) is 0 Å². The van der Waals surface area contributed by atoms with Crippen LogP contribution >= 0.6 is 0 Å². The zero-order chi connectivity index (χ0) is 15.2. The number of carbonyl (C=O) groups is 1. The first kappa shape index (κ1) is 15.3. The molecule has 0 radical (unpaired) electrons. The lowest BCUT2D eigenvalue weighted by molar-refractivity contribution is -0.121. The Morgan fingerprint density at radius 3 is 2.52 bits per heavy atom. The van der Waals surface area contributed by atoms with E-state index in [9.17, 15) is 9.59 Å². The maximum atomic E-state index is 12.4. The molecular formula is C15H21N3O3. The van der Waals surface area contributed by atoms with Crippen LogP contribution in [0.1, 0.15) is 13.3 Å². The van der Waals surface area contributed by atoms with Gasteiger partial charge >= 0.3 is 5.69 Å². The van der Waals surface area contributed by atoms with Crippen molar-refractivity contribution in [1.29, 1.82) is 0 Å². The van der Waals surface area contributed by atoms with Crippen molar-refractivity contribution in [1.82, 2.24) is 14.5 Å². The van der Waals surface area contributed by atoms with Crippen LogP contribution in [0.2, 0.25) is 0 Å². The molecule has 0 fully saturated rings. The maximum Gasteiger partial charge on any atom is 0.329 e. The number of hydrogen-bond acceptors (Lipinski definition) is 3. The first-order valence-electron chi connectivity index (χ1n) is 7.12. The minimum Gasteiger partial charge on any atom is -0.385 e. The smallest absolute Gasteiger partial charge is 0.329 e. The molecule has 1 N–H and O–H groups in total. The molecule has 0 saturated heterocycles. The van der Waals surface area contributed by atoms with Gasteiger partial charge in [0.1, 0.15) is 6.54 Å². The number of aromatic nitrogens is 2. The first-order chi connectivity index (χ1) is 10.2. The molecule has 2 aromatic rings. The fraction of sp³-hybridized carbons (Fsp3) is 0.467. The van der Waals surface area contributed by atoms with Crippen molar-refractivity contribution in [3.63, 3.8) is 0 Å². The van der Waals surface area contributed by atoms with Crippen molar-refractivity contribution in [3.8, 4) is 0 Å². The molecule has 1 aromatic carbocycles. The SMILES string of the molecule is CCn1c(=O)n(CC(=O)NCCCOC)c2ccccc21. The minimum atomic E-state index is -0.160. The Morgan fingerprint density at radius 1 is 1.24 bits per heavy atom. The van der Waals surface area contributed by atoms with Crippen LogP contribution in [0.25, 0.3) is 11.0 Å². The van der Waals surface area contributed by atoms with Crippen LogP contribution in [-0.4, -0.2) is 35.3 Å². The van der Waals surface area contributed by atoms with Gasteiger partial charge in [-0.2, -0.15) is 0 Å². The Balaban J connectivity index is 2.17. The van der Waals surface area contributed by atoms with E-state index in [1.165, 1.54) is 4.57 Å². The lowest BCUT2D eigenvalue weighted by Crippen LogP contribution is -2.33. The van der Waals surface area contributed by atoms with E-state index in [1.54, 1.807) is 11.7 Å². The third-order valence-corrected chi connectivity index (χ3v) is 3.39. The van der Waals surface area contributed by atoms with E-state index in [4.69, 9.17) is 4.74 Å². The molecule has 0 spiro atoms. The summed E-state index contributed by atoms with van der Waals surface area (Å²) in [5.41, 5.74) is 1.50. The van der Waals surface area contributed by atoms with Crippen molar-refractivity contribution in [2.45, 2.75) is 26.4 Å². The van der Waals surface area contributed by atoms with Gasteiger partial charge in [-0.1, -0.05) is 12.1 Å². The number of benzene rings is 1. The number of fused-ring (bicyclic) bond motifs is 1.